The van der Waals surface area contributed by atoms with Crippen LogP contribution in [0.2, 0.25) is 0 Å². The summed E-state index contributed by atoms with van der Waals surface area (Å²) in [6.07, 6.45) is -7.63. The van der Waals surface area contributed by atoms with E-state index in [0.29, 0.717) is 0 Å². The van der Waals surface area contributed by atoms with Crippen molar-refractivity contribution in [3.05, 3.63) is 0 Å². The Morgan fingerprint density at radius 2 is 0.905 bits per heavy atom. The molecule has 0 saturated carbocycles. The van der Waals surface area contributed by atoms with E-state index in [4.69, 9.17) is 43.7 Å². The Morgan fingerprint density at radius 1 is 0.643 bits per heavy atom. The number of halogens is 2. The van der Waals surface area contributed by atoms with E-state index >= 15 is 0 Å². The molecule has 2 aliphatic heterocycles. The summed E-state index contributed by atoms with van der Waals surface area (Å²) in [6, 6.07) is -2.20. The largest absolute Gasteiger partial charge is 0.376 e. The molecular formula is C26H50B2F2O10P2. The first kappa shape index (κ1) is 40.2. The number of hydrogen-bond acceptors (Lipinski definition) is 8. The number of rotatable bonds is 8. The summed E-state index contributed by atoms with van der Waals surface area (Å²) in [5.41, 5.74) is -0.881. The van der Waals surface area contributed by atoms with Crippen molar-refractivity contribution in [2.24, 2.45) is 0 Å². The van der Waals surface area contributed by atoms with Crippen LogP contribution in [0.1, 0.15) is 83.1 Å². The standard InChI is InChI=1S/2C13H25BFO5P/c2*1-12(2,3)18-7-8-9(15)10(11(14)19-8)20-21(16,17)13(4,5)6/h2*8-11H,7H2,1-6H3,(H,16,17)/t8?,9-,10+,11?;8?,9-,10-,11?/m01/s1. The van der Waals surface area contributed by atoms with Gasteiger partial charge in [-0.3, -0.25) is 18.2 Å². The van der Waals surface area contributed by atoms with Crippen LogP contribution < -0.4 is 0 Å². The molecule has 2 fully saturated rings. The molecule has 0 aliphatic carbocycles. The van der Waals surface area contributed by atoms with Gasteiger partial charge in [0.15, 0.2) is 12.3 Å². The Kier molecular flexibility index (Phi) is 13.6. The highest BCUT2D eigenvalue weighted by Crippen LogP contribution is 2.58. The van der Waals surface area contributed by atoms with Gasteiger partial charge in [0.25, 0.3) is 0 Å². The van der Waals surface area contributed by atoms with Crippen molar-refractivity contribution >= 4 is 30.9 Å². The molecule has 0 aromatic carbocycles. The molecule has 2 N–H and O–H groups in total. The molecule has 10 nitrogen and oxygen atoms in total. The van der Waals surface area contributed by atoms with Gasteiger partial charge in [-0.2, -0.15) is 0 Å². The lowest BCUT2D eigenvalue weighted by Gasteiger charge is -2.29. The first-order valence-electron chi connectivity index (χ1n) is 13.9. The second-order valence-electron chi connectivity index (χ2n) is 14.5. The van der Waals surface area contributed by atoms with Gasteiger partial charge >= 0.3 is 15.2 Å². The lowest BCUT2D eigenvalue weighted by atomic mass is 9.94. The van der Waals surface area contributed by atoms with Crippen LogP contribution in [0, 0.1) is 0 Å². The zero-order valence-electron chi connectivity index (χ0n) is 27.0. The molecule has 244 valence electrons. The van der Waals surface area contributed by atoms with Crippen molar-refractivity contribution in [2.75, 3.05) is 13.2 Å². The quantitative estimate of drug-likeness (QED) is 0.281. The van der Waals surface area contributed by atoms with Crippen LogP contribution in [0.15, 0.2) is 0 Å². The van der Waals surface area contributed by atoms with Crippen LogP contribution in [-0.2, 0) is 37.1 Å². The van der Waals surface area contributed by atoms with Crippen LogP contribution in [-0.4, -0.2) is 109 Å². The van der Waals surface area contributed by atoms with Crippen molar-refractivity contribution < 1.29 is 55.7 Å². The van der Waals surface area contributed by atoms with Crippen molar-refractivity contribution in [3.63, 3.8) is 0 Å². The predicted octanol–water partition coefficient (Wildman–Crippen LogP) is 4.80. The summed E-state index contributed by atoms with van der Waals surface area (Å²) in [5, 5.41) is -2.04. The fourth-order valence-corrected chi connectivity index (χ4v) is 5.07. The van der Waals surface area contributed by atoms with Crippen LogP contribution in [0.5, 0.6) is 0 Å². The Morgan fingerprint density at radius 3 is 1.12 bits per heavy atom. The first-order valence-corrected chi connectivity index (χ1v) is 17.1. The topological polar surface area (TPSA) is 130 Å². The van der Waals surface area contributed by atoms with E-state index < -0.39 is 85.5 Å². The molecule has 6 unspecified atom stereocenters. The summed E-state index contributed by atoms with van der Waals surface area (Å²) in [5.74, 6) is 0. The SMILES string of the molecule is [B]C1OC(COC(C)(C)C)[C@@H](F)[C@H]1OP(=O)(O)C(C)(C)C.[B]C1OC(COC(C)(C)C)[C@H](F)[C@H]1OP(=O)(O)C(C)(C)C. The molecule has 2 aliphatic rings. The van der Waals surface area contributed by atoms with Gasteiger partial charge in [0.2, 0.25) is 0 Å². The van der Waals surface area contributed by atoms with E-state index in [1.165, 1.54) is 0 Å². The fourth-order valence-electron chi connectivity index (χ4n) is 3.30. The Bertz CT molecular complexity index is 889. The van der Waals surface area contributed by atoms with Gasteiger partial charge in [0, 0.05) is 12.0 Å². The van der Waals surface area contributed by atoms with Crippen molar-refractivity contribution in [3.8, 4) is 0 Å². The summed E-state index contributed by atoms with van der Waals surface area (Å²) in [4.78, 5) is 19.8. The summed E-state index contributed by atoms with van der Waals surface area (Å²) >= 11 is 0. The maximum Gasteiger partial charge on any atom is 0.333 e. The summed E-state index contributed by atoms with van der Waals surface area (Å²) in [7, 11) is 3.31. The summed E-state index contributed by atoms with van der Waals surface area (Å²) in [6.45, 7) is 20.3. The van der Waals surface area contributed by atoms with E-state index in [1.54, 1.807) is 41.5 Å². The van der Waals surface area contributed by atoms with Gasteiger partial charge in [-0.15, -0.1) is 0 Å². The molecule has 42 heavy (non-hydrogen) atoms. The number of ether oxygens (including phenoxy) is 4. The predicted molar refractivity (Wildman–Crippen MR) is 159 cm³/mol. The van der Waals surface area contributed by atoms with E-state index in [1.807, 2.05) is 41.5 Å². The molecule has 0 bridgehead atoms. The third-order valence-corrected chi connectivity index (χ3v) is 10.7. The Balaban J connectivity index is 0.000000420. The average Bonchev–Trinajstić information content (AvgIpc) is 3.18. The zero-order chi connectivity index (χ0) is 33.3. The van der Waals surface area contributed by atoms with Crippen molar-refractivity contribution in [2.45, 2.75) is 153 Å². The Hall–Kier alpha value is 0.130. The van der Waals surface area contributed by atoms with E-state index in [2.05, 4.69) is 0 Å². The normalized spacial score (nSPS) is 33.9. The lowest BCUT2D eigenvalue weighted by Crippen LogP contribution is -2.36. The molecule has 0 amide bonds. The van der Waals surface area contributed by atoms with E-state index in [9.17, 15) is 27.7 Å². The van der Waals surface area contributed by atoms with E-state index in [0.717, 1.165) is 0 Å². The molecular weight excluding hydrogens is 594 g/mol. The molecule has 2 heterocycles. The number of hydrogen-bond donors (Lipinski definition) is 2. The molecule has 16 heteroatoms. The van der Waals surface area contributed by atoms with Crippen LogP contribution in [0.4, 0.5) is 8.78 Å². The third-order valence-electron chi connectivity index (χ3n) is 6.24. The van der Waals surface area contributed by atoms with Crippen LogP contribution in [0.3, 0.4) is 0 Å². The number of alkyl halides is 2. The van der Waals surface area contributed by atoms with Gasteiger partial charge < -0.3 is 28.7 Å². The Labute approximate surface area is 253 Å². The molecule has 2 rings (SSSR count). The maximum absolute atomic E-state index is 14.4. The van der Waals surface area contributed by atoms with E-state index in [-0.39, 0.29) is 13.2 Å². The smallest absolute Gasteiger partial charge is 0.333 e. The monoisotopic (exact) mass is 644 g/mol. The highest BCUT2D eigenvalue weighted by molar-refractivity contribution is 7.54. The molecule has 0 aromatic rings. The van der Waals surface area contributed by atoms with Gasteiger partial charge in [-0.05, 0) is 83.1 Å². The van der Waals surface area contributed by atoms with Gasteiger partial charge in [0.05, 0.1) is 34.7 Å². The first-order chi connectivity index (χ1) is 18.5. The fraction of sp³-hybridized carbons (Fsp3) is 1.00. The average molecular weight is 644 g/mol. The second-order valence-corrected chi connectivity index (χ2v) is 19.7. The van der Waals surface area contributed by atoms with Crippen molar-refractivity contribution in [1.29, 1.82) is 0 Å². The zero-order valence-corrected chi connectivity index (χ0v) is 28.8. The lowest BCUT2D eigenvalue weighted by molar-refractivity contribution is -0.0712. The molecule has 4 radical (unpaired) electrons. The van der Waals surface area contributed by atoms with Crippen molar-refractivity contribution in [1.82, 2.24) is 0 Å². The van der Waals surface area contributed by atoms with Gasteiger partial charge in [0.1, 0.15) is 40.1 Å². The molecule has 0 aromatic heterocycles. The second kappa shape index (κ2) is 14.3. The third kappa shape index (κ3) is 11.8. The molecule has 2 saturated heterocycles. The highest BCUT2D eigenvalue weighted by Gasteiger charge is 2.50. The molecule has 0 spiro atoms. The van der Waals surface area contributed by atoms with Gasteiger partial charge in [-0.25, -0.2) is 8.78 Å². The molecule has 10 atom stereocenters. The minimum atomic E-state index is -4.02. The highest BCUT2D eigenvalue weighted by atomic mass is 31.2. The van der Waals surface area contributed by atoms with Crippen LogP contribution >= 0.6 is 15.2 Å². The maximum atomic E-state index is 14.4. The summed E-state index contributed by atoms with van der Waals surface area (Å²) < 4.78 is 84.6. The van der Waals surface area contributed by atoms with Crippen LogP contribution in [0.25, 0.3) is 0 Å². The minimum absolute atomic E-state index is 0.00345. The van der Waals surface area contributed by atoms with Gasteiger partial charge in [-0.1, -0.05) is 0 Å². The minimum Gasteiger partial charge on any atom is -0.376 e.